The number of rotatable bonds is 4. The van der Waals surface area contributed by atoms with Gasteiger partial charge in [0.25, 0.3) is 5.89 Å². The van der Waals surface area contributed by atoms with Crippen LogP contribution in [0.15, 0.2) is 53.2 Å². The summed E-state index contributed by atoms with van der Waals surface area (Å²) >= 11 is 0. The molecule has 26 heavy (non-hydrogen) atoms. The first-order chi connectivity index (χ1) is 12.8. The third kappa shape index (κ3) is 3.48. The summed E-state index contributed by atoms with van der Waals surface area (Å²) in [5.41, 5.74) is 2.40. The Labute approximate surface area is 152 Å². The highest BCUT2D eigenvalue weighted by molar-refractivity contribution is 5.56. The van der Waals surface area contributed by atoms with Crippen molar-refractivity contribution < 1.29 is 4.52 Å². The molecule has 0 unspecified atom stereocenters. The van der Waals surface area contributed by atoms with Gasteiger partial charge in [0.05, 0.1) is 23.4 Å². The van der Waals surface area contributed by atoms with Crippen molar-refractivity contribution in [1.82, 2.24) is 20.0 Å². The second kappa shape index (κ2) is 7.46. The number of hydrogen-bond donors (Lipinski definition) is 0. The third-order valence-electron chi connectivity index (χ3n) is 4.68. The Morgan fingerprint density at radius 2 is 2.15 bits per heavy atom. The minimum absolute atomic E-state index is 0.127. The average Bonchev–Trinajstić information content (AvgIpc) is 3.19. The van der Waals surface area contributed by atoms with Gasteiger partial charge in [0.2, 0.25) is 0 Å². The first-order valence-corrected chi connectivity index (χ1v) is 8.81. The Hall–Kier alpha value is -3.04. The summed E-state index contributed by atoms with van der Waals surface area (Å²) in [5, 5.41) is 13.3. The van der Waals surface area contributed by atoms with E-state index in [1.165, 1.54) is 0 Å². The zero-order chi connectivity index (χ0) is 17.8. The number of nitriles is 1. The number of piperidine rings is 1. The van der Waals surface area contributed by atoms with Gasteiger partial charge in [-0.05, 0) is 49.7 Å². The Morgan fingerprint density at radius 3 is 3.00 bits per heavy atom. The molecular formula is C20H19N5O. The number of hydrogen-bond acceptors (Lipinski definition) is 6. The molecule has 0 bridgehead atoms. The zero-order valence-corrected chi connectivity index (χ0v) is 14.4. The average molecular weight is 345 g/mol. The molecule has 2 aromatic heterocycles. The smallest absolute Gasteiger partial charge is 0.258 e. The topological polar surface area (TPSA) is 78.8 Å². The number of likely N-dealkylation sites (tertiary alicyclic amines) is 1. The van der Waals surface area contributed by atoms with E-state index in [-0.39, 0.29) is 6.04 Å². The molecule has 1 aliphatic heterocycles. The van der Waals surface area contributed by atoms with Crippen LogP contribution in [0.3, 0.4) is 0 Å². The molecule has 6 heteroatoms. The molecule has 1 saturated heterocycles. The Bertz CT molecular complexity index is 915. The van der Waals surface area contributed by atoms with Gasteiger partial charge in [-0.2, -0.15) is 10.2 Å². The number of nitrogens with zero attached hydrogens (tertiary/aromatic N) is 5. The van der Waals surface area contributed by atoms with Crippen LogP contribution in [0.4, 0.5) is 0 Å². The van der Waals surface area contributed by atoms with Crippen LogP contribution < -0.4 is 0 Å². The molecule has 4 rings (SSSR count). The second-order valence-electron chi connectivity index (χ2n) is 6.45. The van der Waals surface area contributed by atoms with Gasteiger partial charge >= 0.3 is 0 Å². The molecular weight excluding hydrogens is 326 g/mol. The highest BCUT2D eigenvalue weighted by Crippen LogP contribution is 2.31. The van der Waals surface area contributed by atoms with E-state index in [4.69, 9.17) is 9.78 Å². The number of aromatic nitrogens is 3. The summed E-state index contributed by atoms with van der Waals surface area (Å²) in [6.07, 6.45) is 5.14. The summed E-state index contributed by atoms with van der Waals surface area (Å²) in [5.74, 6) is 1.17. The molecule has 6 nitrogen and oxygen atoms in total. The van der Waals surface area contributed by atoms with Gasteiger partial charge in [-0.3, -0.25) is 9.88 Å². The molecule has 1 aliphatic rings. The molecule has 0 aliphatic carbocycles. The monoisotopic (exact) mass is 345 g/mol. The highest BCUT2D eigenvalue weighted by atomic mass is 16.5. The molecule has 0 radical (unpaired) electrons. The predicted octanol–water partition coefficient (Wildman–Crippen LogP) is 3.73. The minimum Gasteiger partial charge on any atom is -0.334 e. The maximum Gasteiger partial charge on any atom is 0.258 e. The first-order valence-electron chi connectivity index (χ1n) is 8.81. The van der Waals surface area contributed by atoms with Gasteiger partial charge in [-0.25, -0.2) is 0 Å². The van der Waals surface area contributed by atoms with Gasteiger partial charge in [-0.15, -0.1) is 0 Å². The van der Waals surface area contributed by atoms with E-state index in [0.717, 1.165) is 43.6 Å². The fourth-order valence-corrected chi connectivity index (χ4v) is 3.38. The minimum atomic E-state index is 0.127. The Kier molecular flexibility index (Phi) is 4.71. The molecule has 0 spiro atoms. The lowest BCUT2D eigenvalue weighted by molar-refractivity contribution is 0.129. The van der Waals surface area contributed by atoms with E-state index in [2.05, 4.69) is 26.1 Å². The van der Waals surface area contributed by atoms with Crippen molar-refractivity contribution in [2.24, 2.45) is 0 Å². The summed E-state index contributed by atoms with van der Waals surface area (Å²) in [6, 6.07) is 15.5. The molecule has 0 amide bonds. The van der Waals surface area contributed by atoms with E-state index in [9.17, 15) is 0 Å². The lowest BCUT2D eigenvalue weighted by atomic mass is 10.0. The lowest BCUT2D eigenvalue weighted by Crippen LogP contribution is -2.33. The normalized spacial score (nSPS) is 17.7. The highest BCUT2D eigenvalue weighted by Gasteiger charge is 2.28. The van der Waals surface area contributed by atoms with Crippen LogP contribution in [0.25, 0.3) is 11.5 Å². The Balaban J connectivity index is 1.57. The van der Waals surface area contributed by atoms with Crippen molar-refractivity contribution in [3.8, 4) is 17.5 Å². The molecule has 1 fully saturated rings. The Morgan fingerprint density at radius 1 is 1.19 bits per heavy atom. The van der Waals surface area contributed by atoms with Crippen molar-refractivity contribution in [3.05, 3.63) is 65.7 Å². The fraction of sp³-hybridized carbons (Fsp3) is 0.300. The zero-order valence-electron chi connectivity index (χ0n) is 14.4. The molecule has 0 N–H and O–H groups in total. The van der Waals surface area contributed by atoms with Crippen LogP contribution in [-0.4, -0.2) is 26.6 Å². The fourth-order valence-electron chi connectivity index (χ4n) is 3.38. The van der Waals surface area contributed by atoms with E-state index in [1.54, 1.807) is 12.1 Å². The van der Waals surface area contributed by atoms with Crippen LogP contribution >= 0.6 is 0 Å². The van der Waals surface area contributed by atoms with Crippen LogP contribution in [0, 0.1) is 11.3 Å². The van der Waals surface area contributed by atoms with Gasteiger partial charge in [0.1, 0.15) is 0 Å². The van der Waals surface area contributed by atoms with Crippen LogP contribution in [0.1, 0.15) is 42.4 Å². The molecule has 0 saturated carbocycles. The largest absolute Gasteiger partial charge is 0.334 e. The molecule has 130 valence electrons. The van der Waals surface area contributed by atoms with Crippen molar-refractivity contribution >= 4 is 0 Å². The molecule has 1 aromatic carbocycles. The van der Waals surface area contributed by atoms with E-state index >= 15 is 0 Å². The van der Waals surface area contributed by atoms with E-state index in [1.807, 2.05) is 36.5 Å². The first kappa shape index (κ1) is 16.4. The van der Waals surface area contributed by atoms with Gasteiger partial charge in [-0.1, -0.05) is 23.7 Å². The SMILES string of the molecule is N#Cc1cccc(-c2nc([C@H]3CCCCN3Cc3ccccn3)no2)c1. The third-order valence-corrected chi connectivity index (χ3v) is 4.68. The van der Waals surface area contributed by atoms with Crippen molar-refractivity contribution in [3.63, 3.8) is 0 Å². The van der Waals surface area contributed by atoms with Crippen LogP contribution in [0.2, 0.25) is 0 Å². The summed E-state index contributed by atoms with van der Waals surface area (Å²) in [7, 11) is 0. The standard InChI is InChI=1S/C20H19N5O/c21-13-15-6-5-7-16(12-15)20-23-19(24-26-20)18-9-2-4-11-25(18)14-17-8-1-3-10-22-17/h1,3,5-8,10,12,18H,2,4,9,11,14H2/t18-/m1/s1. The summed E-state index contributed by atoms with van der Waals surface area (Å²) in [4.78, 5) is 11.4. The maximum atomic E-state index is 9.06. The van der Waals surface area contributed by atoms with E-state index in [0.29, 0.717) is 17.3 Å². The van der Waals surface area contributed by atoms with Gasteiger partial charge in [0, 0.05) is 18.3 Å². The number of pyridine rings is 1. The van der Waals surface area contributed by atoms with Crippen molar-refractivity contribution in [2.75, 3.05) is 6.54 Å². The number of benzene rings is 1. The van der Waals surface area contributed by atoms with Crippen LogP contribution in [0.5, 0.6) is 0 Å². The molecule has 1 atom stereocenters. The molecule has 3 heterocycles. The second-order valence-corrected chi connectivity index (χ2v) is 6.45. The summed E-state index contributed by atoms with van der Waals surface area (Å²) in [6.45, 7) is 1.77. The predicted molar refractivity (Wildman–Crippen MR) is 95.7 cm³/mol. The molecule has 3 aromatic rings. The lowest BCUT2D eigenvalue weighted by Gasteiger charge is -2.33. The maximum absolute atomic E-state index is 9.06. The summed E-state index contributed by atoms with van der Waals surface area (Å²) < 4.78 is 5.49. The van der Waals surface area contributed by atoms with Crippen molar-refractivity contribution in [1.29, 1.82) is 5.26 Å². The van der Waals surface area contributed by atoms with Gasteiger partial charge in [0.15, 0.2) is 5.82 Å². The van der Waals surface area contributed by atoms with Crippen LogP contribution in [-0.2, 0) is 6.54 Å². The quantitative estimate of drug-likeness (QED) is 0.717. The van der Waals surface area contributed by atoms with Crippen molar-refractivity contribution in [2.45, 2.75) is 31.8 Å². The van der Waals surface area contributed by atoms with E-state index < -0.39 is 0 Å². The van der Waals surface area contributed by atoms with Gasteiger partial charge < -0.3 is 4.52 Å².